The molecule has 0 radical (unpaired) electrons. The van der Waals surface area contributed by atoms with Crippen molar-refractivity contribution >= 4 is 27.3 Å². The Hall–Kier alpha value is -0.890. The van der Waals surface area contributed by atoms with Gasteiger partial charge in [-0.3, -0.25) is 0 Å². The Morgan fingerprint density at radius 2 is 2.15 bits per heavy atom. The number of rotatable bonds is 3. The van der Waals surface area contributed by atoms with Gasteiger partial charge in [0.15, 0.2) is 5.82 Å². The van der Waals surface area contributed by atoms with Crippen molar-refractivity contribution in [3.63, 3.8) is 0 Å². The van der Waals surface area contributed by atoms with Crippen LogP contribution in [-0.4, -0.2) is 37.0 Å². The molecule has 20 heavy (non-hydrogen) atoms. The molecule has 0 spiro atoms. The molecular formula is C12H16ClFN2O3S. The van der Waals surface area contributed by atoms with E-state index in [9.17, 15) is 17.9 Å². The van der Waals surface area contributed by atoms with Crippen LogP contribution in [0.25, 0.3) is 0 Å². The van der Waals surface area contributed by atoms with Gasteiger partial charge in [0.25, 0.3) is 0 Å². The maximum atomic E-state index is 14.0. The SMILES string of the molecule is Nc1cc(Cl)c(F)c(S(=O)(=O)N2CCCCC2CO)c1. The minimum atomic E-state index is -4.07. The molecule has 1 saturated heterocycles. The fraction of sp³-hybridized carbons (Fsp3) is 0.500. The lowest BCUT2D eigenvalue weighted by Crippen LogP contribution is -2.45. The molecule has 0 bridgehead atoms. The van der Waals surface area contributed by atoms with Crippen molar-refractivity contribution in [1.29, 1.82) is 0 Å². The van der Waals surface area contributed by atoms with Crippen molar-refractivity contribution in [1.82, 2.24) is 4.31 Å². The smallest absolute Gasteiger partial charge is 0.246 e. The molecule has 1 aromatic rings. The van der Waals surface area contributed by atoms with Crippen LogP contribution in [0.5, 0.6) is 0 Å². The molecule has 8 heteroatoms. The second-order valence-corrected chi connectivity index (χ2v) is 7.03. The number of hydrogen-bond acceptors (Lipinski definition) is 4. The van der Waals surface area contributed by atoms with Crippen molar-refractivity contribution in [2.24, 2.45) is 0 Å². The minimum absolute atomic E-state index is 0.0764. The molecule has 0 saturated carbocycles. The third-order valence-corrected chi connectivity index (χ3v) is 5.61. The average Bonchev–Trinajstić information content (AvgIpc) is 2.42. The van der Waals surface area contributed by atoms with Gasteiger partial charge in [-0.15, -0.1) is 0 Å². The standard InChI is InChI=1S/C12H16ClFN2O3S/c13-10-5-8(15)6-11(12(10)14)20(18,19)16-4-2-1-3-9(16)7-17/h5-6,9,17H,1-4,7,15H2. The van der Waals surface area contributed by atoms with E-state index in [0.29, 0.717) is 12.8 Å². The fourth-order valence-corrected chi connectivity index (χ4v) is 4.46. The summed E-state index contributed by atoms with van der Waals surface area (Å²) in [5.74, 6) is -1.01. The zero-order valence-corrected chi connectivity index (χ0v) is 12.3. The van der Waals surface area contributed by atoms with Crippen LogP contribution in [0.3, 0.4) is 0 Å². The van der Waals surface area contributed by atoms with E-state index < -0.39 is 26.8 Å². The van der Waals surface area contributed by atoms with Crippen molar-refractivity contribution < 1.29 is 17.9 Å². The van der Waals surface area contributed by atoms with Gasteiger partial charge in [-0.2, -0.15) is 4.31 Å². The first-order chi connectivity index (χ1) is 9.37. The number of sulfonamides is 1. The molecule has 112 valence electrons. The number of aliphatic hydroxyl groups is 1. The zero-order valence-electron chi connectivity index (χ0n) is 10.7. The van der Waals surface area contributed by atoms with E-state index in [0.717, 1.165) is 22.9 Å². The van der Waals surface area contributed by atoms with Crippen molar-refractivity contribution in [2.45, 2.75) is 30.2 Å². The Bertz CT molecular complexity index is 609. The maximum absolute atomic E-state index is 14.0. The molecule has 2 rings (SSSR count). The van der Waals surface area contributed by atoms with Gasteiger partial charge >= 0.3 is 0 Å². The fourth-order valence-electron chi connectivity index (χ4n) is 2.37. The lowest BCUT2D eigenvalue weighted by atomic mass is 10.1. The van der Waals surface area contributed by atoms with Crippen LogP contribution in [0.15, 0.2) is 17.0 Å². The van der Waals surface area contributed by atoms with E-state index in [2.05, 4.69) is 0 Å². The summed E-state index contributed by atoms with van der Waals surface area (Å²) in [6.07, 6.45) is 2.05. The largest absolute Gasteiger partial charge is 0.399 e. The number of nitrogens with zero attached hydrogens (tertiary/aromatic N) is 1. The number of aliphatic hydroxyl groups excluding tert-OH is 1. The van der Waals surface area contributed by atoms with Crippen molar-refractivity contribution in [2.75, 3.05) is 18.9 Å². The molecule has 1 unspecified atom stereocenters. The monoisotopic (exact) mass is 322 g/mol. The van der Waals surface area contributed by atoms with Crippen molar-refractivity contribution in [3.8, 4) is 0 Å². The molecule has 0 aliphatic carbocycles. The first-order valence-electron chi connectivity index (χ1n) is 6.25. The molecule has 0 aromatic heterocycles. The Labute approximate surface area is 122 Å². The van der Waals surface area contributed by atoms with Gasteiger partial charge in [0, 0.05) is 18.3 Å². The summed E-state index contributed by atoms with van der Waals surface area (Å²) < 4.78 is 40.2. The van der Waals surface area contributed by atoms with Crippen LogP contribution in [0.4, 0.5) is 10.1 Å². The molecule has 1 fully saturated rings. The highest BCUT2D eigenvalue weighted by Crippen LogP contribution is 2.31. The third kappa shape index (κ3) is 2.76. The van der Waals surface area contributed by atoms with E-state index in [-0.39, 0.29) is 23.9 Å². The highest BCUT2D eigenvalue weighted by molar-refractivity contribution is 7.89. The van der Waals surface area contributed by atoms with E-state index in [4.69, 9.17) is 17.3 Å². The van der Waals surface area contributed by atoms with E-state index in [1.165, 1.54) is 0 Å². The summed E-state index contributed by atoms with van der Waals surface area (Å²) in [5, 5.41) is 8.97. The highest BCUT2D eigenvalue weighted by atomic mass is 35.5. The Morgan fingerprint density at radius 1 is 1.45 bits per heavy atom. The summed E-state index contributed by atoms with van der Waals surface area (Å²) in [4.78, 5) is -0.539. The van der Waals surface area contributed by atoms with E-state index in [1.54, 1.807) is 0 Å². The average molecular weight is 323 g/mol. The van der Waals surface area contributed by atoms with Crippen LogP contribution < -0.4 is 5.73 Å². The van der Waals surface area contributed by atoms with Crippen LogP contribution >= 0.6 is 11.6 Å². The molecule has 0 amide bonds. The Morgan fingerprint density at radius 3 is 2.80 bits per heavy atom. The Balaban J connectivity index is 2.49. The second-order valence-electron chi connectivity index (χ2n) is 4.76. The van der Waals surface area contributed by atoms with Gasteiger partial charge in [0.1, 0.15) is 4.90 Å². The highest BCUT2D eigenvalue weighted by Gasteiger charge is 2.35. The molecule has 1 aliphatic heterocycles. The lowest BCUT2D eigenvalue weighted by Gasteiger charge is -2.33. The lowest BCUT2D eigenvalue weighted by molar-refractivity contribution is 0.155. The zero-order chi connectivity index (χ0) is 14.9. The van der Waals surface area contributed by atoms with Gasteiger partial charge in [-0.25, -0.2) is 12.8 Å². The van der Waals surface area contributed by atoms with Crippen molar-refractivity contribution in [3.05, 3.63) is 23.0 Å². The Kier molecular flexibility index (Phi) is 4.53. The van der Waals surface area contributed by atoms with Crippen LogP contribution in [0.1, 0.15) is 19.3 Å². The van der Waals surface area contributed by atoms with Crippen LogP contribution in [-0.2, 0) is 10.0 Å². The molecular weight excluding hydrogens is 307 g/mol. The number of piperidine rings is 1. The number of halogens is 2. The molecule has 1 heterocycles. The number of benzene rings is 1. The topological polar surface area (TPSA) is 83.6 Å². The summed E-state index contributed by atoms with van der Waals surface area (Å²) in [7, 11) is -4.07. The number of hydrogen-bond donors (Lipinski definition) is 2. The molecule has 3 N–H and O–H groups in total. The predicted molar refractivity (Wildman–Crippen MR) is 74.4 cm³/mol. The van der Waals surface area contributed by atoms with Gasteiger partial charge < -0.3 is 10.8 Å². The molecule has 1 atom stereocenters. The van der Waals surface area contributed by atoms with Crippen LogP contribution in [0, 0.1) is 5.82 Å². The van der Waals surface area contributed by atoms with Gasteiger partial charge in [-0.1, -0.05) is 18.0 Å². The normalized spacial score (nSPS) is 21.1. The first kappa shape index (κ1) is 15.5. The summed E-state index contributed by atoms with van der Waals surface area (Å²) in [6, 6.07) is 1.68. The first-order valence-corrected chi connectivity index (χ1v) is 8.07. The summed E-state index contributed by atoms with van der Waals surface area (Å²) >= 11 is 5.65. The number of nitrogen functional groups attached to an aromatic ring is 1. The van der Waals surface area contributed by atoms with Gasteiger partial charge in [-0.05, 0) is 25.0 Å². The van der Waals surface area contributed by atoms with E-state index >= 15 is 0 Å². The maximum Gasteiger partial charge on any atom is 0.246 e. The molecule has 1 aromatic carbocycles. The number of anilines is 1. The van der Waals surface area contributed by atoms with Gasteiger partial charge in [0.2, 0.25) is 10.0 Å². The molecule has 5 nitrogen and oxygen atoms in total. The van der Waals surface area contributed by atoms with E-state index in [1.807, 2.05) is 0 Å². The molecule has 1 aliphatic rings. The summed E-state index contributed by atoms with van der Waals surface area (Å²) in [6.45, 7) is -0.0453. The summed E-state index contributed by atoms with van der Waals surface area (Å²) in [5.41, 5.74) is 5.61. The van der Waals surface area contributed by atoms with Crippen LogP contribution in [0.2, 0.25) is 5.02 Å². The quantitative estimate of drug-likeness (QED) is 0.828. The number of nitrogens with two attached hydrogens (primary N) is 1. The third-order valence-electron chi connectivity index (χ3n) is 3.39. The van der Waals surface area contributed by atoms with Gasteiger partial charge in [0.05, 0.1) is 11.6 Å². The minimum Gasteiger partial charge on any atom is -0.399 e. The predicted octanol–water partition coefficient (Wildman–Crippen LogP) is 1.60. The second kappa shape index (κ2) is 5.85.